The maximum absolute atomic E-state index is 12.5. The van der Waals surface area contributed by atoms with Crippen molar-refractivity contribution in [2.75, 3.05) is 10.6 Å². The summed E-state index contributed by atoms with van der Waals surface area (Å²) in [6.45, 7) is 9.21. The lowest BCUT2D eigenvalue weighted by Gasteiger charge is -2.18. The van der Waals surface area contributed by atoms with Gasteiger partial charge in [0.25, 0.3) is 5.91 Å². The number of hydrogen-bond donors (Lipinski definition) is 2. The smallest absolute Gasteiger partial charge is 0.259 e. The lowest BCUT2D eigenvalue weighted by Crippen LogP contribution is -2.27. The van der Waals surface area contributed by atoms with Crippen molar-refractivity contribution in [1.82, 2.24) is 9.78 Å². The first-order valence-electron chi connectivity index (χ1n) is 7.82. The van der Waals surface area contributed by atoms with E-state index in [4.69, 9.17) is 0 Å². The molecule has 2 aromatic rings. The molecule has 1 heterocycles. The molecule has 0 radical (unpaired) electrons. The van der Waals surface area contributed by atoms with Crippen molar-refractivity contribution < 1.29 is 9.59 Å². The van der Waals surface area contributed by atoms with Crippen molar-refractivity contribution in [3.63, 3.8) is 0 Å². The molecule has 0 unspecified atom stereocenters. The van der Waals surface area contributed by atoms with Gasteiger partial charge in [0.15, 0.2) is 0 Å². The number of amides is 2. The van der Waals surface area contributed by atoms with E-state index in [0.717, 1.165) is 5.69 Å². The molecule has 1 aromatic carbocycles. The molecular weight excluding hydrogens is 304 g/mol. The standard InChI is InChI=1S/C18H24N4O2/c1-11-15(12(2)22(6)21-11)16(23)19-13-8-7-9-14(10-13)20-17(24)18(3,4)5/h7-10H,1-6H3,(H,19,23)(H,20,24). The molecule has 2 N–H and O–H groups in total. The highest BCUT2D eigenvalue weighted by molar-refractivity contribution is 6.06. The summed E-state index contributed by atoms with van der Waals surface area (Å²) >= 11 is 0. The SMILES string of the molecule is Cc1nn(C)c(C)c1C(=O)Nc1cccc(NC(=O)C(C)(C)C)c1. The number of hydrogen-bond acceptors (Lipinski definition) is 3. The van der Waals surface area contributed by atoms with Crippen molar-refractivity contribution >= 4 is 23.2 Å². The number of aryl methyl sites for hydroxylation is 2. The molecule has 0 saturated carbocycles. The predicted molar refractivity (Wildman–Crippen MR) is 95.2 cm³/mol. The van der Waals surface area contributed by atoms with Crippen LogP contribution in [-0.4, -0.2) is 21.6 Å². The van der Waals surface area contributed by atoms with Gasteiger partial charge in [0, 0.05) is 29.5 Å². The summed E-state index contributed by atoms with van der Waals surface area (Å²) in [6, 6.07) is 7.10. The second-order valence-corrected chi connectivity index (χ2v) is 6.91. The molecule has 0 fully saturated rings. The summed E-state index contributed by atoms with van der Waals surface area (Å²) in [5.41, 5.74) is 2.85. The first-order valence-corrected chi connectivity index (χ1v) is 7.82. The van der Waals surface area contributed by atoms with Gasteiger partial charge in [-0.25, -0.2) is 0 Å². The zero-order valence-corrected chi connectivity index (χ0v) is 15.0. The monoisotopic (exact) mass is 328 g/mol. The Morgan fingerprint density at radius 1 is 1.08 bits per heavy atom. The number of carbonyl (C=O) groups excluding carboxylic acids is 2. The van der Waals surface area contributed by atoms with E-state index in [9.17, 15) is 9.59 Å². The Bertz CT molecular complexity index is 785. The van der Waals surface area contributed by atoms with Crippen LogP contribution in [0.15, 0.2) is 24.3 Å². The van der Waals surface area contributed by atoms with Crippen molar-refractivity contribution in [1.29, 1.82) is 0 Å². The van der Waals surface area contributed by atoms with E-state index in [1.165, 1.54) is 0 Å². The van der Waals surface area contributed by atoms with Gasteiger partial charge in [-0.3, -0.25) is 14.3 Å². The van der Waals surface area contributed by atoms with Gasteiger partial charge in [0.2, 0.25) is 5.91 Å². The number of nitrogens with zero attached hydrogens (tertiary/aromatic N) is 2. The highest BCUT2D eigenvalue weighted by atomic mass is 16.2. The third kappa shape index (κ3) is 3.82. The van der Waals surface area contributed by atoms with Crippen LogP contribution < -0.4 is 10.6 Å². The minimum Gasteiger partial charge on any atom is -0.326 e. The number of aromatic nitrogens is 2. The van der Waals surface area contributed by atoms with E-state index in [1.54, 1.807) is 28.9 Å². The Kier molecular flexibility index (Phi) is 4.78. The van der Waals surface area contributed by atoms with Crippen molar-refractivity contribution in [2.24, 2.45) is 12.5 Å². The summed E-state index contributed by atoms with van der Waals surface area (Å²) in [5.74, 6) is -0.290. The van der Waals surface area contributed by atoms with E-state index < -0.39 is 5.41 Å². The van der Waals surface area contributed by atoms with Crippen LogP contribution in [0.3, 0.4) is 0 Å². The molecule has 0 aliphatic heterocycles. The quantitative estimate of drug-likeness (QED) is 0.908. The van der Waals surface area contributed by atoms with Crippen LogP contribution in [0.4, 0.5) is 11.4 Å². The normalized spacial score (nSPS) is 11.2. The Balaban J connectivity index is 2.18. The zero-order chi connectivity index (χ0) is 18.1. The zero-order valence-electron chi connectivity index (χ0n) is 15.0. The summed E-state index contributed by atoms with van der Waals surface area (Å²) in [6.07, 6.45) is 0. The van der Waals surface area contributed by atoms with Gasteiger partial charge < -0.3 is 10.6 Å². The molecule has 24 heavy (non-hydrogen) atoms. The third-order valence-electron chi connectivity index (χ3n) is 3.80. The topological polar surface area (TPSA) is 76.0 Å². The molecule has 2 amide bonds. The lowest BCUT2D eigenvalue weighted by atomic mass is 9.95. The lowest BCUT2D eigenvalue weighted by molar-refractivity contribution is -0.123. The second kappa shape index (κ2) is 6.47. The van der Waals surface area contributed by atoms with E-state index in [-0.39, 0.29) is 11.8 Å². The van der Waals surface area contributed by atoms with Gasteiger partial charge >= 0.3 is 0 Å². The number of rotatable bonds is 3. The maximum atomic E-state index is 12.5. The van der Waals surface area contributed by atoms with Crippen LogP contribution in [0.5, 0.6) is 0 Å². The summed E-state index contributed by atoms with van der Waals surface area (Å²) in [5, 5.41) is 9.97. The Morgan fingerprint density at radius 3 is 2.17 bits per heavy atom. The van der Waals surface area contributed by atoms with E-state index >= 15 is 0 Å². The van der Waals surface area contributed by atoms with E-state index in [1.807, 2.05) is 41.7 Å². The molecule has 128 valence electrons. The molecule has 0 bridgehead atoms. The fourth-order valence-corrected chi connectivity index (χ4v) is 2.29. The van der Waals surface area contributed by atoms with Gasteiger partial charge in [0.05, 0.1) is 11.3 Å². The van der Waals surface area contributed by atoms with Crippen LogP contribution in [0.2, 0.25) is 0 Å². The van der Waals surface area contributed by atoms with Crippen LogP contribution >= 0.6 is 0 Å². The second-order valence-electron chi connectivity index (χ2n) is 6.91. The van der Waals surface area contributed by atoms with Crippen LogP contribution in [0, 0.1) is 19.3 Å². The van der Waals surface area contributed by atoms with E-state index in [0.29, 0.717) is 22.6 Å². The fourth-order valence-electron chi connectivity index (χ4n) is 2.29. The van der Waals surface area contributed by atoms with Gasteiger partial charge in [-0.1, -0.05) is 26.8 Å². The molecule has 2 rings (SSSR count). The largest absolute Gasteiger partial charge is 0.326 e. The number of benzene rings is 1. The summed E-state index contributed by atoms with van der Waals surface area (Å²) in [4.78, 5) is 24.6. The van der Waals surface area contributed by atoms with Crippen LogP contribution in [0.25, 0.3) is 0 Å². The van der Waals surface area contributed by atoms with E-state index in [2.05, 4.69) is 15.7 Å². The van der Waals surface area contributed by atoms with Crippen molar-refractivity contribution in [3.05, 3.63) is 41.2 Å². The van der Waals surface area contributed by atoms with Gasteiger partial charge in [-0.15, -0.1) is 0 Å². The average molecular weight is 328 g/mol. The first-order chi connectivity index (χ1) is 11.1. The summed E-state index contributed by atoms with van der Waals surface area (Å²) in [7, 11) is 1.81. The Morgan fingerprint density at radius 2 is 1.67 bits per heavy atom. The number of carbonyl (C=O) groups is 2. The minimum absolute atomic E-state index is 0.0788. The van der Waals surface area contributed by atoms with Gasteiger partial charge in [-0.05, 0) is 32.0 Å². The maximum Gasteiger partial charge on any atom is 0.259 e. The van der Waals surface area contributed by atoms with Crippen molar-refractivity contribution in [3.8, 4) is 0 Å². The summed E-state index contributed by atoms with van der Waals surface area (Å²) < 4.78 is 1.68. The Labute approximate surface area is 142 Å². The Hall–Kier alpha value is -2.63. The molecule has 0 aliphatic carbocycles. The highest BCUT2D eigenvalue weighted by Gasteiger charge is 2.21. The van der Waals surface area contributed by atoms with Crippen molar-refractivity contribution in [2.45, 2.75) is 34.6 Å². The molecule has 0 atom stereocenters. The molecule has 0 spiro atoms. The molecule has 6 nitrogen and oxygen atoms in total. The van der Waals surface area contributed by atoms with Crippen LogP contribution in [-0.2, 0) is 11.8 Å². The number of nitrogens with one attached hydrogen (secondary N) is 2. The first kappa shape index (κ1) is 17.7. The predicted octanol–water partition coefficient (Wildman–Crippen LogP) is 3.27. The third-order valence-corrected chi connectivity index (χ3v) is 3.80. The van der Waals surface area contributed by atoms with Crippen LogP contribution in [0.1, 0.15) is 42.5 Å². The molecule has 0 aliphatic rings. The molecule has 1 aromatic heterocycles. The van der Waals surface area contributed by atoms with Gasteiger partial charge in [0.1, 0.15) is 0 Å². The molecular formula is C18H24N4O2. The fraction of sp³-hybridized carbons (Fsp3) is 0.389. The highest BCUT2D eigenvalue weighted by Crippen LogP contribution is 2.21. The average Bonchev–Trinajstić information content (AvgIpc) is 2.71. The molecule has 6 heteroatoms. The minimum atomic E-state index is -0.483. The number of anilines is 2. The van der Waals surface area contributed by atoms with Gasteiger partial charge in [-0.2, -0.15) is 5.10 Å². The molecule has 0 saturated heterocycles.